The molecular formula is C14H14ClNO4. The Kier molecular flexibility index (Phi) is 4.63. The smallest absolute Gasteiger partial charge is 0.394 e. The van der Waals surface area contributed by atoms with E-state index in [9.17, 15) is 4.79 Å². The number of halogens is 1. The summed E-state index contributed by atoms with van der Waals surface area (Å²) in [4.78, 5) is 14.9. The van der Waals surface area contributed by atoms with Crippen LogP contribution in [0, 0.1) is 0 Å². The molecular weight excluding hydrogens is 282 g/mol. The first-order valence-corrected chi connectivity index (χ1v) is 6.58. The zero-order valence-electron chi connectivity index (χ0n) is 10.9. The number of benzene rings is 1. The van der Waals surface area contributed by atoms with E-state index in [0.29, 0.717) is 23.1 Å². The highest BCUT2D eigenvalue weighted by molar-refractivity contribution is 6.30. The van der Waals surface area contributed by atoms with Gasteiger partial charge in [-0.3, -0.25) is 4.79 Å². The Morgan fingerprint density at radius 3 is 2.70 bits per heavy atom. The Labute approximate surface area is 121 Å². The first-order valence-electron chi connectivity index (χ1n) is 6.20. The summed E-state index contributed by atoms with van der Waals surface area (Å²) in [6.07, 6.45) is 0.382. The zero-order chi connectivity index (χ0) is 14.5. The number of aryl methyl sites for hydroxylation is 1. The van der Waals surface area contributed by atoms with Crippen LogP contribution >= 0.6 is 11.6 Å². The van der Waals surface area contributed by atoms with E-state index >= 15 is 0 Å². The van der Waals surface area contributed by atoms with E-state index in [1.54, 1.807) is 24.3 Å². The van der Waals surface area contributed by atoms with Gasteiger partial charge in [0.25, 0.3) is 0 Å². The standard InChI is InChI=1S/C14H14ClNO4/c1-2-19-14-16-13(9-3-5-10(15)6-4-9)11(20-14)7-8-12(17)18/h3-6H,2,7-8H2,1H3,(H,17,18). The van der Waals surface area contributed by atoms with E-state index < -0.39 is 5.97 Å². The molecule has 0 aliphatic heterocycles. The van der Waals surface area contributed by atoms with Crippen molar-refractivity contribution in [3.63, 3.8) is 0 Å². The van der Waals surface area contributed by atoms with E-state index in [1.807, 2.05) is 6.92 Å². The Bertz CT molecular complexity index is 592. The molecule has 1 heterocycles. The van der Waals surface area contributed by atoms with E-state index in [0.717, 1.165) is 5.56 Å². The first-order chi connectivity index (χ1) is 9.60. The number of oxazole rings is 1. The van der Waals surface area contributed by atoms with Crippen molar-refractivity contribution < 1.29 is 19.1 Å². The molecule has 1 N–H and O–H groups in total. The van der Waals surface area contributed by atoms with Gasteiger partial charge in [-0.1, -0.05) is 23.7 Å². The van der Waals surface area contributed by atoms with Crippen LogP contribution in [-0.4, -0.2) is 22.7 Å². The molecule has 0 spiro atoms. The molecule has 1 aromatic heterocycles. The van der Waals surface area contributed by atoms with Crippen LogP contribution in [0.1, 0.15) is 19.1 Å². The Balaban J connectivity index is 2.33. The van der Waals surface area contributed by atoms with E-state index in [-0.39, 0.29) is 18.9 Å². The topological polar surface area (TPSA) is 72.6 Å². The van der Waals surface area contributed by atoms with Crippen LogP contribution in [0.4, 0.5) is 0 Å². The van der Waals surface area contributed by atoms with Crippen LogP contribution in [0.5, 0.6) is 6.08 Å². The second-order valence-corrected chi connectivity index (χ2v) is 4.52. The lowest BCUT2D eigenvalue weighted by atomic mass is 10.1. The molecule has 0 radical (unpaired) electrons. The molecule has 0 saturated heterocycles. The predicted octanol–water partition coefficient (Wildman–Crippen LogP) is 3.41. The van der Waals surface area contributed by atoms with Gasteiger partial charge in [-0.25, -0.2) is 0 Å². The van der Waals surface area contributed by atoms with Crippen molar-refractivity contribution in [2.75, 3.05) is 6.61 Å². The van der Waals surface area contributed by atoms with Gasteiger partial charge in [0.1, 0.15) is 11.5 Å². The second-order valence-electron chi connectivity index (χ2n) is 4.09. The van der Waals surface area contributed by atoms with Crippen LogP contribution in [0.3, 0.4) is 0 Å². The molecule has 5 nitrogen and oxygen atoms in total. The zero-order valence-corrected chi connectivity index (χ0v) is 11.7. The van der Waals surface area contributed by atoms with Gasteiger partial charge in [0.15, 0.2) is 0 Å². The third-order valence-corrected chi connectivity index (χ3v) is 2.88. The fourth-order valence-corrected chi connectivity index (χ4v) is 1.86. The van der Waals surface area contributed by atoms with Crippen molar-refractivity contribution in [1.82, 2.24) is 4.98 Å². The summed E-state index contributed by atoms with van der Waals surface area (Å²) >= 11 is 5.85. The number of nitrogens with zero attached hydrogens (tertiary/aromatic N) is 1. The lowest BCUT2D eigenvalue weighted by molar-refractivity contribution is -0.137. The van der Waals surface area contributed by atoms with Crippen molar-refractivity contribution >= 4 is 17.6 Å². The molecule has 106 valence electrons. The molecule has 0 saturated carbocycles. The molecule has 20 heavy (non-hydrogen) atoms. The average molecular weight is 296 g/mol. The summed E-state index contributed by atoms with van der Waals surface area (Å²) in [6, 6.07) is 7.10. The molecule has 0 aliphatic rings. The summed E-state index contributed by atoms with van der Waals surface area (Å²) in [5, 5.41) is 9.39. The van der Waals surface area contributed by atoms with E-state index in [4.69, 9.17) is 25.9 Å². The molecule has 2 aromatic rings. The number of hydrogen-bond acceptors (Lipinski definition) is 4. The van der Waals surface area contributed by atoms with Crippen LogP contribution in [0.2, 0.25) is 5.02 Å². The highest BCUT2D eigenvalue weighted by atomic mass is 35.5. The van der Waals surface area contributed by atoms with Crippen LogP contribution in [-0.2, 0) is 11.2 Å². The molecule has 6 heteroatoms. The Morgan fingerprint density at radius 1 is 1.40 bits per heavy atom. The largest absolute Gasteiger partial charge is 0.481 e. The molecule has 0 fully saturated rings. The summed E-state index contributed by atoms with van der Waals surface area (Å²) in [7, 11) is 0. The molecule has 1 aromatic carbocycles. The number of rotatable bonds is 6. The number of aliphatic carboxylic acids is 1. The fraction of sp³-hybridized carbons (Fsp3) is 0.286. The summed E-state index contributed by atoms with van der Waals surface area (Å²) in [5.41, 5.74) is 1.40. The highest BCUT2D eigenvalue weighted by Crippen LogP contribution is 2.29. The second kappa shape index (κ2) is 6.43. The van der Waals surface area contributed by atoms with Crippen LogP contribution in [0.15, 0.2) is 28.7 Å². The van der Waals surface area contributed by atoms with Gasteiger partial charge in [0, 0.05) is 17.0 Å². The Morgan fingerprint density at radius 2 is 2.10 bits per heavy atom. The van der Waals surface area contributed by atoms with E-state index in [2.05, 4.69) is 4.98 Å². The number of aromatic nitrogens is 1. The summed E-state index contributed by atoms with van der Waals surface area (Å²) in [6.45, 7) is 2.25. The van der Waals surface area contributed by atoms with Crippen molar-refractivity contribution in [1.29, 1.82) is 0 Å². The Hall–Kier alpha value is -2.01. The summed E-state index contributed by atoms with van der Waals surface area (Å²) < 4.78 is 10.7. The fourth-order valence-electron chi connectivity index (χ4n) is 1.74. The average Bonchev–Trinajstić information content (AvgIpc) is 2.81. The van der Waals surface area contributed by atoms with Gasteiger partial charge in [0.05, 0.1) is 13.0 Å². The van der Waals surface area contributed by atoms with Crippen molar-refractivity contribution in [3.05, 3.63) is 35.0 Å². The van der Waals surface area contributed by atoms with Crippen molar-refractivity contribution in [2.24, 2.45) is 0 Å². The van der Waals surface area contributed by atoms with E-state index in [1.165, 1.54) is 0 Å². The third-order valence-electron chi connectivity index (χ3n) is 2.63. The monoisotopic (exact) mass is 295 g/mol. The molecule has 0 bridgehead atoms. The minimum Gasteiger partial charge on any atom is -0.481 e. The first kappa shape index (κ1) is 14.4. The lowest BCUT2D eigenvalue weighted by Gasteiger charge is -1.99. The molecule has 0 unspecified atom stereocenters. The van der Waals surface area contributed by atoms with Crippen molar-refractivity contribution in [2.45, 2.75) is 19.8 Å². The van der Waals surface area contributed by atoms with Crippen LogP contribution in [0.25, 0.3) is 11.3 Å². The van der Waals surface area contributed by atoms with Crippen LogP contribution < -0.4 is 4.74 Å². The van der Waals surface area contributed by atoms with Gasteiger partial charge in [0.2, 0.25) is 0 Å². The van der Waals surface area contributed by atoms with Gasteiger partial charge in [-0.15, -0.1) is 0 Å². The number of carboxylic acids is 1. The third kappa shape index (κ3) is 3.51. The molecule has 0 amide bonds. The van der Waals surface area contributed by atoms with Gasteiger partial charge < -0.3 is 14.3 Å². The number of carboxylic acid groups (broad SMARTS) is 1. The minimum atomic E-state index is -0.888. The normalized spacial score (nSPS) is 10.5. The molecule has 2 rings (SSSR count). The summed E-state index contributed by atoms with van der Waals surface area (Å²) in [5.74, 6) is -0.389. The predicted molar refractivity (Wildman–Crippen MR) is 74.1 cm³/mol. The van der Waals surface area contributed by atoms with Gasteiger partial charge >= 0.3 is 12.0 Å². The number of hydrogen-bond donors (Lipinski definition) is 1. The number of carbonyl (C=O) groups is 1. The number of ether oxygens (including phenoxy) is 1. The minimum absolute atomic E-state index is 0.0264. The maximum Gasteiger partial charge on any atom is 0.394 e. The SMILES string of the molecule is CCOc1nc(-c2ccc(Cl)cc2)c(CCC(=O)O)o1. The maximum atomic E-state index is 10.7. The molecule has 0 aliphatic carbocycles. The van der Waals surface area contributed by atoms with Gasteiger partial charge in [-0.2, -0.15) is 4.98 Å². The lowest BCUT2D eigenvalue weighted by Crippen LogP contribution is -1.97. The van der Waals surface area contributed by atoms with Crippen molar-refractivity contribution in [3.8, 4) is 17.3 Å². The molecule has 0 atom stereocenters. The van der Waals surface area contributed by atoms with Gasteiger partial charge in [-0.05, 0) is 19.1 Å². The quantitative estimate of drug-likeness (QED) is 0.884. The maximum absolute atomic E-state index is 10.7. The highest BCUT2D eigenvalue weighted by Gasteiger charge is 2.16.